The van der Waals surface area contributed by atoms with Crippen LogP contribution in [0.3, 0.4) is 0 Å². The van der Waals surface area contributed by atoms with Gasteiger partial charge in [-0.3, -0.25) is 25.1 Å². The standard InChI is InChI=1S/C11H10N4O5/c12-13-11(17)7-3-9(20-6-7)5-14-4-8(15(18)19)1-2-10(14)16/h1-4,6H,5,12H2,(H,13,17). The molecule has 0 saturated heterocycles. The minimum Gasteiger partial charge on any atom is -0.467 e. The van der Waals surface area contributed by atoms with Gasteiger partial charge < -0.3 is 8.98 Å². The number of nitrogens with one attached hydrogen (secondary N) is 1. The molecule has 2 rings (SSSR count). The number of hydrogen-bond donors (Lipinski definition) is 2. The predicted molar refractivity (Wildman–Crippen MR) is 66.8 cm³/mol. The Morgan fingerprint density at radius 3 is 2.90 bits per heavy atom. The van der Waals surface area contributed by atoms with Crippen molar-refractivity contribution in [2.24, 2.45) is 5.84 Å². The number of nitro groups is 1. The lowest BCUT2D eigenvalue weighted by Crippen LogP contribution is -2.29. The van der Waals surface area contributed by atoms with Gasteiger partial charge in [0, 0.05) is 12.1 Å². The molecule has 0 radical (unpaired) electrons. The van der Waals surface area contributed by atoms with Crippen molar-refractivity contribution in [1.29, 1.82) is 0 Å². The normalized spacial score (nSPS) is 10.2. The number of aromatic nitrogens is 1. The zero-order valence-electron chi connectivity index (χ0n) is 10.1. The molecule has 0 fully saturated rings. The summed E-state index contributed by atoms with van der Waals surface area (Å²) in [5.41, 5.74) is 1.50. The molecule has 0 unspecified atom stereocenters. The Morgan fingerprint density at radius 2 is 2.25 bits per heavy atom. The minimum atomic E-state index is -0.606. The molecule has 0 atom stereocenters. The third-order valence-corrected chi connectivity index (χ3v) is 2.55. The first-order chi connectivity index (χ1) is 9.51. The third-order valence-electron chi connectivity index (χ3n) is 2.55. The van der Waals surface area contributed by atoms with Crippen molar-refractivity contribution in [3.63, 3.8) is 0 Å². The summed E-state index contributed by atoms with van der Waals surface area (Å²) in [6.45, 7) is -0.0294. The van der Waals surface area contributed by atoms with Crippen LogP contribution in [-0.2, 0) is 6.54 Å². The number of amides is 1. The quantitative estimate of drug-likeness (QED) is 0.350. The summed E-state index contributed by atoms with van der Waals surface area (Å²) in [6.07, 6.45) is 2.29. The Balaban J connectivity index is 2.28. The first-order valence-electron chi connectivity index (χ1n) is 5.44. The predicted octanol–water partition coefficient (Wildman–Crippen LogP) is 0.00130. The lowest BCUT2D eigenvalue weighted by Gasteiger charge is -2.02. The van der Waals surface area contributed by atoms with Gasteiger partial charge in [-0.1, -0.05) is 0 Å². The Kier molecular flexibility index (Phi) is 3.62. The fourth-order valence-corrected chi connectivity index (χ4v) is 1.58. The van der Waals surface area contributed by atoms with Crippen LogP contribution in [0.5, 0.6) is 0 Å². The number of pyridine rings is 1. The second-order valence-corrected chi connectivity index (χ2v) is 3.89. The Bertz CT molecular complexity index is 718. The Morgan fingerprint density at radius 1 is 1.50 bits per heavy atom. The molecule has 2 heterocycles. The molecular weight excluding hydrogens is 268 g/mol. The maximum Gasteiger partial charge on any atom is 0.285 e. The van der Waals surface area contributed by atoms with Crippen molar-refractivity contribution in [3.05, 3.63) is 62.5 Å². The smallest absolute Gasteiger partial charge is 0.285 e. The zero-order valence-corrected chi connectivity index (χ0v) is 10.1. The summed E-state index contributed by atoms with van der Waals surface area (Å²) in [4.78, 5) is 32.9. The van der Waals surface area contributed by atoms with Gasteiger partial charge in [0.2, 0.25) is 0 Å². The second-order valence-electron chi connectivity index (χ2n) is 3.89. The molecule has 9 heteroatoms. The van der Waals surface area contributed by atoms with E-state index in [2.05, 4.69) is 0 Å². The summed E-state index contributed by atoms with van der Waals surface area (Å²) >= 11 is 0. The van der Waals surface area contributed by atoms with Crippen molar-refractivity contribution in [2.75, 3.05) is 0 Å². The molecule has 1 amide bonds. The molecular formula is C11H10N4O5. The van der Waals surface area contributed by atoms with E-state index >= 15 is 0 Å². The van der Waals surface area contributed by atoms with Crippen LogP contribution in [0.2, 0.25) is 0 Å². The minimum absolute atomic E-state index is 0.0294. The molecule has 2 aromatic rings. The average Bonchev–Trinajstić information content (AvgIpc) is 2.88. The van der Waals surface area contributed by atoms with Crippen molar-refractivity contribution in [2.45, 2.75) is 6.54 Å². The molecule has 20 heavy (non-hydrogen) atoms. The van der Waals surface area contributed by atoms with E-state index in [0.29, 0.717) is 5.76 Å². The van der Waals surface area contributed by atoms with Gasteiger partial charge in [-0.05, 0) is 6.07 Å². The van der Waals surface area contributed by atoms with E-state index in [9.17, 15) is 19.7 Å². The lowest BCUT2D eigenvalue weighted by molar-refractivity contribution is -0.385. The van der Waals surface area contributed by atoms with Gasteiger partial charge in [0.25, 0.3) is 17.2 Å². The number of nitrogens with zero attached hydrogens (tertiary/aromatic N) is 2. The average molecular weight is 278 g/mol. The van der Waals surface area contributed by atoms with Crippen LogP contribution < -0.4 is 16.8 Å². The number of rotatable bonds is 4. The summed E-state index contributed by atoms with van der Waals surface area (Å²) in [5, 5.41) is 10.6. The molecule has 2 aromatic heterocycles. The molecule has 0 aliphatic rings. The van der Waals surface area contributed by atoms with Crippen LogP contribution in [0.4, 0.5) is 5.69 Å². The molecule has 104 valence electrons. The van der Waals surface area contributed by atoms with Gasteiger partial charge >= 0.3 is 0 Å². The van der Waals surface area contributed by atoms with Crippen LogP contribution >= 0.6 is 0 Å². The first kappa shape index (κ1) is 13.5. The second kappa shape index (κ2) is 5.36. The van der Waals surface area contributed by atoms with E-state index in [4.69, 9.17) is 10.3 Å². The highest BCUT2D eigenvalue weighted by Crippen LogP contribution is 2.11. The van der Waals surface area contributed by atoms with Gasteiger partial charge in [0.15, 0.2) is 0 Å². The zero-order chi connectivity index (χ0) is 14.7. The summed E-state index contributed by atoms with van der Waals surface area (Å²) in [7, 11) is 0. The van der Waals surface area contributed by atoms with Gasteiger partial charge in [0.05, 0.1) is 23.2 Å². The number of furan rings is 1. The van der Waals surface area contributed by atoms with Gasteiger partial charge in [-0.2, -0.15) is 0 Å². The SMILES string of the molecule is NNC(=O)c1coc(Cn2cc([N+](=O)[O-])ccc2=O)c1. The van der Waals surface area contributed by atoms with Crippen molar-refractivity contribution < 1.29 is 14.1 Å². The fourth-order valence-electron chi connectivity index (χ4n) is 1.58. The highest BCUT2D eigenvalue weighted by Gasteiger charge is 2.12. The molecule has 0 aliphatic heterocycles. The highest BCUT2D eigenvalue weighted by atomic mass is 16.6. The van der Waals surface area contributed by atoms with Crippen molar-refractivity contribution in [3.8, 4) is 0 Å². The summed E-state index contributed by atoms with van der Waals surface area (Å²) < 4.78 is 6.21. The maximum absolute atomic E-state index is 11.6. The largest absolute Gasteiger partial charge is 0.467 e. The highest BCUT2D eigenvalue weighted by molar-refractivity contribution is 5.93. The maximum atomic E-state index is 11.6. The third kappa shape index (κ3) is 2.72. The van der Waals surface area contributed by atoms with Crippen LogP contribution in [0.1, 0.15) is 16.1 Å². The molecule has 0 bridgehead atoms. The topological polar surface area (TPSA) is 133 Å². The van der Waals surface area contributed by atoms with E-state index in [1.54, 1.807) is 0 Å². The van der Waals surface area contributed by atoms with Crippen LogP contribution in [0.25, 0.3) is 0 Å². The Hall–Kier alpha value is -2.94. The number of nitrogen functional groups attached to an aromatic ring is 1. The number of hydrogen-bond acceptors (Lipinski definition) is 6. The van der Waals surface area contributed by atoms with Crippen LogP contribution in [-0.4, -0.2) is 15.4 Å². The molecule has 9 nitrogen and oxygen atoms in total. The van der Waals surface area contributed by atoms with Gasteiger partial charge in [-0.15, -0.1) is 0 Å². The number of hydrazine groups is 1. The Labute approximate surface area is 111 Å². The van der Waals surface area contributed by atoms with E-state index in [-0.39, 0.29) is 17.8 Å². The van der Waals surface area contributed by atoms with Crippen molar-refractivity contribution >= 4 is 11.6 Å². The molecule has 0 aliphatic carbocycles. The number of carbonyl (C=O) groups is 1. The van der Waals surface area contributed by atoms with E-state index in [1.807, 2.05) is 5.43 Å². The van der Waals surface area contributed by atoms with Gasteiger partial charge in [0.1, 0.15) is 12.0 Å². The first-order valence-corrected chi connectivity index (χ1v) is 5.44. The van der Waals surface area contributed by atoms with Crippen molar-refractivity contribution in [1.82, 2.24) is 9.99 Å². The van der Waals surface area contributed by atoms with E-state index < -0.39 is 16.4 Å². The summed E-state index contributed by atoms with van der Waals surface area (Å²) in [6, 6.07) is 3.61. The van der Waals surface area contributed by atoms with E-state index in [0.717, 1.165) is 22.9 Å². The van der Waals surface area contributed by atoms with Gasteiger partial charge in [-0.25, -0.2) is 5.84 Å². The monoisotopic (exact) mass is 278 g/mol. The molecule has 0 saturated carbocycles. The molecule has 0 aromatic carbocycles. The molecule has 3 N–H and O–H groups in total. The van der Waals surface area contributed by atoms with Crippen LogP contribution in [0.15, 0.2) is 39.9 Å². The summed E-state index contributed by atoms with van der Waals surface area (Å²) in [5.74, 6) is 4.73. The van der Waals surface area contributed by atoms with E-state index in [1.165, 1.54) is 12.3 Å². The number of carbonyl (C=O) groups excluding carboxylic acids is 1. The molecule has 0 spiro atoms. The van der Waals surface area contributed by atoms with Crippen LogP contribution in [0, 0.1) is 10.1 Å². The lowest BCUT2D eigenvalue weighted by atomic mass is 10.3. The fraction of sp³-hybridized carbons (Fsp3) is 0.0909. The number of nitrogens with two attached hydrogens (primary N) is 1.